The number of urea groups is 1. The first-order chi connectivity index (χ1) is 27.3. The van der Waals surface area contributed by atoms with Crippen LogP contribution in [-0.4, -0.2) is 124 Å². The molecule has 5 amide bonds. The van der Waals surface area contributed by atoms with Crippen molar-refractivity contribution in [2.45, 2.75) is 55.9 Å². The quantitative estimate of drug-likeness (QED) is 0.0337. The maximum Gasteiger partial charge on any atom is 0.315 e. The molecule has 2 aliphatic rings. The van der Waals surface area contributed by atoms with E-state index in [1.165, 1.54) is 6.07 Å². The number of amides is 5. The molecular formula is C39H53N7O9S. The second-order valence-corrected chi connectivity index (χ2v) is 14.3. The molecule has 304 valence electrons. The Bertz CT molecular complexity index is 1620. The molecule has 4 rings (SSSR count). The summed E-state index contributed by atoms with van der Waals surface area (Å²) in [5.41, 5.74) is 2.10. The predicted molar refractivity (Wildman–Crippen MR) is 211 cm³/mol. The van der Waals surface area contributed by atoms with E-state index < -0.39 is 0 Å². The van der Waals surface area contributed by atoms with E-state index in [0.29, 0.717) is 88.6 Å². The highest BCUT2D eigenvalue weighted by molar-refractivity contribution is 8.00. The number of benzene rings is 2. The number of rotatable bonds is 27. The van der Waals surface area contributed by atoms with Gasteiger partial charge in [0.25, 0.3) is 5.91 Å². The Morgan fingerprint density at radius 1 is 0.821 bits per heavy atom. The predicted octanol–water partition coefficient (Wildman–Crippen LogP) is 3.13. The maximum absolute atomic E-state index is 12.5. The number of carbonyl (C=O) groups excluding carboxylic acids is 4. The van der Waals surface area contributed by atoms with Gasteiger partial charge in [-0.1, -0.05) is 18.4 Å². The van der Waals surface area contributed by atoms with Crippen molar-refractivity contribution in [3.05, 3.63) is 53.6 Å². The number of thioether (sulfide) groups is 1. The molecule has 0 radical (unpaired) electrons. The van der Waals surface area contributed by atoms with Crippen LogP contribution >= 0.6 is 11.8 Å². The molecule has 0 aliphatic carbocycles. The van der Waals surface area contributed by atoms with Crippen molar-refractivity contribution in [3.8, 4) is 18.1 Å². The smallest absolute Gasteiger partial charge is 0.315 e. The minimum atomic E-state index is -0.255. The van der Waals surface area contributed by atoms with Crippen molar-refractivity contribution in [1.82, 2.24) is 26.6 Å². The van der Waals surface area contributed by atoms with Gasteiger partial charge in [-0.2, -0.15) is 16.9 Å². The third-order valence-electron chi connectivity index (χ3n) is 8.76. The number of nitrogens with one attached hydrogen (secondary N) is 5. The molecule has 0 bridgehead atoms. The van der Waals surface area contributed by atoms with Crippen molar-refractivity contribution < 1.29 is 43.2 Å². The first-order valence-electron chi connectivity index (χ1n) is 18.9. The van der Waals surface area contributed by atoms with Gasteiger partial charge >= 0.3 is 6.03 Å². The molecule has 0 spiro atoms. The Morgan fingerprint density at radius 2 is 1.52 bits per heavy atom. The summed E-state index contributed by atoms with van der Waals surface area (Å²) in [6, 6.07) is 11.9. The molecule has 2 heterocycles. The highest BCUT2D eigenvalue weighted by atomic mass is 32.2. The van der Waals surface area contributed by atoms with Crippen molar-refractivity contribution in [2.24, 2.45) is 10.2 Å². The Balaban J connectivity index is 0.955. The molecule has 16 nitrogen and oxygen atoms in total. The highest BCUT2D eigenvalue weighted by Crippen LogP contribution is 2.33. The van der Waals surface area contributed by atoms with Gasteiger partial charge in [-0.15, -0.1) is 11.5 Å². The molecule has 2 saturated heterocycles. The minimum absolute atomic E-state index is 0.0156. The molecule has 2 fully saturated rings. The van der Waals surface area contributed by atoms with E-state index in [9.17, 15) is 24.3 Å². The van der Waals surface area contributed by atoms with Crippen LogP contribution in [0.25, 0.3) is 0 Å². The van der Waals surface area contributed by atoms with E-state index in [2.05, 4.69) is 42.7 Å². The van der Waals surface area contributed by atoms with Gasteiger partial charge in [-0.3, -0.25) is 14.4 Å². The first kappa shape index (κ1) is 44.0. The van der Waals surface area contributed by atoms with Crippen molar-refractivity contribution in [3.63, 3.8) is 0 Å². The van der Waals surface area contributed by atoms with E-state index in [0.717, 1.165) is 30.6 Å². The number of nitrogens with zero attached hydrogens (tertiary/aromatic N) is 2. The number of phenols is 1. The fraction of sp³-hybridized carbons (Fsp3) is 0.538. The average molecular weight is 796 g/mol. The summed E-state index contributed by atoms with van der Waals surface area (Å²) < 4.78 is 21.6. The fourth-order valence-corrected chi connectivity index (χ4v) is 7.38. The number of phenolic OH excluding ortho intramolecular Hbond substituents is 1. The molecular weight excluding hydrogens is 743 g/mol. The SMILES string of the molecule is C#CCOCCC(=O)NCCc1ccc(O)c(N=Nc2ccc(C(=O)NCCOCCOCCOCCNC(=O)CCCCC3SC[C@H]4NC(=O)N[C@@H]34)cc2)c1. The summed E-state index contributed by atoms with van der Waals surface area (Å²) in [6.07, 6.45) is 9.11. The van der Waals surface area contributed by atoms with Crippen LogP contribution < -0.4 is 26.6 Å². The number of ether oxygens (including phenoxy) is 4. The van der Waals surface area contributed by atoms with Crippen LogP contribution in [-0.2, 0) is 35.0 Å². The molecule has 2 aliphatic heterocycles. The number of azo groups is 1. The molecule has 56 heavy (non-hydrogen) atoms. The molecule has 1 unspecified atom stereocenters. The summed E-state index contributed by atoms with van der Waals surface area (Å²) in [4.78, 5) is 48.0. The van der Waals surface area contributed by atoms with Gasteiger partial charge in [0.05, 0.1) is 70.4 Å². The maximum atomic E-state index is 12.5. The number of terminal acetylenes is 1. The zero-order valence-corrected chi connectivity index (χ0v) is 32.4. The van der Waals surface area contributed by atoms with E-state index in [4.69, 9.17) is 25.4 Å². The van der Waals surface area contributed by atoms with Gasteiger partial charge < -0.3 is 50.6 Å². The van der Waals surface area contributed by atoms with Crippen LogP contribution in [0.15, 0.2) is 52.7 Å². The largest absolute Gasteiger partial charge is 0.506 e. The summed E-state index contributed by atoms with van der Waals surface area (Å²) in [5, 5.41) is 33.4. The van der Waals surface area contributed by atoms with Crippen molar-refractivity contribution in [2.75, 3.05) is 78.2 Å². The van der Waals surface area contributed by atoms with E-state index in [1.807, 2.05) is 11.8 Å². The van der Waals surface area contributed by atoms with Crippen LogP contribution in [0.1, 0.15) is 48.0 Å². The molecule has 3 atom stereocenters. The topological polar surface area (TPSA) is 210 Å². The Labute approximate surface area is 332 Å². The molecule has 2 aromatic carbocycles. The molecule has 2 aromatic rings. The van der Waals surface area contributed by atoms with Crippen molar-refractivity contribution in [1.29, 1.82) is 0 Å². The third-order valence-corrected chi connectivity index (χ3v) is 10.3. The fourth-order valence-electron chi connectivity index (χ4n) is 5.83. The molecule has 0 aromatic heterocycles. The van der Waals surface area contributed by atoms with E-state index in [-0.39, 0.29) is 66.9 Å². The highest BCUT2D eigenvalue weighted by Gasteiger charge is 2.42. The Morgan fingerprint density at radius 3 is 2.27 bits per heavy atom. The summed E-state index contributed by atoms with van der Waals surface area (Å²) in [5.74, 6) is 2.88. The molecule has 0 saturated carbocycles. The van der Waals surface area contributed by atoms with Crippen LogP contribution in [0.5, 0.6) is 5.75 Å². The second-order valence-electron chi connectivity index (χ2n) is 13.0. The summed E-state index contributed by atoms with van der Waals surface area (Å²) in [6.45, 7) is 3.91. The second kappa shape index (κ2) is 25.4. The molecule has 17 heteroatoms. The van der Waals surface area contributed by atoms with Gasteiger partial charge in [0.2, 0.25) is 11.8 Å². The lowest BCUT2D eigenvalue weighted by Crippen LogP contribution is -2.36. The van der Waals surface area contributed by atoms with Crippen LogP contribution in [0.2, 0.25) is 0 Å². The van der Waals surface area contributed by atoms with E-state index >= 15 is 0 Å². The summed E-state index contributed by atoms with van der Waals surface area (Å²) >= 11 is 1.89. The monoisotopic (exact) mass is 795 g/mol. The van der Waals surface area contributed by atoms with Crippen LogP contribution in [0.4, 0.5) is 16.2 Å². The van der Waals surface area contributed by atoms with Crippen LogP contribution in [0.3, 0.4) is 0 Å². The Hall–Kier alpha value is -4.73. The van der Waals surface area contributed by atoms with E-state index in [1.54, 1.807) is 36.4 Å². The zero-order chi connectivity index (χ0) is 39.8. The number of carbonyl (C=O) groups is 4. The lowest BCUT2D eigenvalue weighted by molar-refractivity contribution is -0.122. The van der Waals surface area contributed by atoms with Crippen LogP contribution in [0, 0.1) is 12.3 Å². The zero-order valence-electron chi connectivity index (χ0n) is 31.6. The Kier molecular flexibility index (Phi) is 20.0. The molecule has 6 N–H and O–H groups in total. The lowest BCUT2D eigenvalue weighted by Gasteiger charge is -2.16. The normalized spacial score (nSPS) is 17.2. The van der Waals surface area contributed by atoms with Crippen molar-refractivity contribution >= 4 is 46.9 Å². The van der Waals surface area contributed by atoms with Gasteiger partial charge in [-0.05, 0) is 61.2 Å². The summed E-state index contributed by atoms with van der Waals surface area (Å²) in [7, 11) is 0. The van der Waals surface area contributed by atoms with Gasteiger partial charge in [0.15, 0.2) is 0 Å². The number of hydrogen-bond donors (Lipinski definition) is 6. The van der Waals surface area contributed by atoms with Gasteiger partial charge in [-0.25, -0.2) is 4.79 Å². The number of hydrogen-bond acceptors (Lipinski definition) is 12. The third kappa shape index (κ3) is 16.6. The van der Waals surface area contributed by atoms with Gasteiger partial charge in [0, 0.05) is 42.6 Å². The average Bonchev–Trinajstić information content (AvgIpc) is 3.76. The lowest BCUT2D eigenvalue weighted by atomic mass is 10.0. The minimum Gasteiger partial charge on any atom is -0.506 e. The number of unbranched alkanes of at least 4 members (excludes halogenated alkanes) is 1. The number of fused-ring (bicyclic) bond motifs is 1. The van der Waals surface area contributed by atoms with Gasteiger partial charge in [0.1, 0.15) is 18.0 Å². The number of aromatic hydroxyl groups is 1. The standard InChI is InChI=1S/C39H53N7O9S/c1-2-18-52-19-14-36(49)40-15-13-28-7-12-33(47)31(26-28)46-45-30-10-8-29(9-11-30)38(50)42-17-21-54-23-25-55-24-22-53-20-16-41-35(48)6-4-3-5-34-37-32(27-56-34)43-39(51)44-37/h1,7-12,26,32,34,37,47H,3-6,13-25,27H2,(H,40,49)(H,41,48)(H,42,50)(H2,43,44,51)/t32-,34?,37-/m1/s1. The first-order valence-corrected chi connectivity index (χ1v) is 20.0.